The van der Waals surface area contributed by atoms with Gasteiger partial charge >= 0.3 is 5.97 Å². The molecule has 0 aliphatic carbocycles. The van der Waals surface area contributed by atoms with Crippen LogP contribution in [0, 0.1) is 6.92 Å². The summed E-state index contributed by atoms with van der Waals surface area (Å²) in [7, 11) is 1.34. The molecule has 0 amide bonds. The number of esters is 1. The van der Waals surface area contributed by atoms with E-state index in [1.807, 2.05) is 6.92 Å². The molecule has 18 heavy (non-hydrogen) atoms. The van der Waals surface area contributed by atoms with Crippen molar-refractivity contribution in [2.45, 2.75) is 16.2 Å². The van der Waals surface area contributed by atoms with Crippen LogP contribution in [0.2, 0.25) is 0 Å². The zero-order valence-electron chi connectivity index (χ0n) is 9.84. The van der Waals surface area contributed by atoms with Gasteiger partial charge in [-0.15, -0.1) is 10.2 Å². The topological polar surface area (TPSA) is 78.1 Å². The van der Waals surface area contributed by atoms with E-state index in [1.165, 1.54) is 30.2 Å². The third-order valence-corrected chi connectivity index (χ3v) is 4.08. The van der Waals surface area contributed by atoms with Gasteiger partial charge in [-0.2, -0.15) is 0 Å². The SMILES string of the molecule is COC(=O)c1cc(N)ccc1Sc1nnc(C)s1. The first-order valence-electron chi connectivity index (χ1n) is 5.06. The predicted molar refractivity (Wildman–Crippen MR) is 71.0 cm³/mol. The van der Waals surface area contributed by atoms with Crippen molar-refractivity contribution >= 4 is 34.8 Å². The minimum absolute atomic E-state index is 0.411. The average molecular weight is 281 g/mol. The van der Waals surface area contributed by atoms with Crippen LogP contribution < -0.4 is 5.73 Å². The molecule has 0 atom stereocenters. The lowest BCUT2D eigenvalue weighted by molar-refractivity contribution is 0.0597. The smallest absolute Gasteiger partial charge is 0.339 e. The van der Waals surface area contributed by atoms with Gasteiger partial charge in [0.2, 0.25) is 0 Å². The minimum atomic E-state index is -0.411. The number of nitrogens with zero attached hydrogens (tertiary/aromatic N) is 2. The second-order valence-corrected chi connectivity index (χ2v) is 5.91. The van der Waals surface area contributed by atoms with E-state index in [4.69, 9.17) is 10.5 Å². The highest BCUT2D eigenvalue weighted by molar-refractivity contribution is 8.01. The Morgan fingerprint density at radius 2 is 2.22 bits per heavy atom. The van der Waals surface area contributed by atoms with Crippen molar-refractivity contribution in [3.8, 4) is 0 Å². The molecule has 0 radical (unpaired) electrons. The zero-order valence-corrected chi connectivity index (χ0v) is 11.5. The van der Waals surface area contributed by atoms with Crippen LogP contribution in [-0.2, 0) is 4.74 Å². The van der Waals surface area contributed by atoms with E-state index in [0.29, 0.717) is 11.3 Å². The van der Waals surface area contributed by atoms with Crippen molar-refractivity contribution in [2.75, 3.05) is 12.8 Å². The number of aromatic nitrogens is 2. The lowest BCUT2D eigenvalue weighted by Gasteiger charge is -2.06. The molecule has 1 aromatic heterocycles. The summed E-state index contributed by atoms with van der Waals surface area (Å²) in [5.74, 6) is -0.411. The Labute approximate surface area is 112 Å². The third kappa shape index (κ3) is 2.80. The summed E-state index contributed by atoms with van der Waals surface area (Å²) in [6, 6.07) is 5.12. The van der Waals surface area contributed by atoms with E-state index in [0.717, 1.165) is 14.2 Å². The molecule has 0 spiro atoms. The molecule has 0 aliphatic rings. The Kier molecular flexibility index (Phi) is 3.83. The number of carbonyl (C=O) groups excluding carboxylic acids is 1. The average Bonchev–Trinajstić information content (AvgIpc) is 2.76. The molecule has 0 bridgehead atoms. The fourth-order valence-electron chi connectivity index (χ4n) is 1.32. The van der Waals surface area contributed by atoms with Gasteiger partial charge in [-0.25, -0.2) is 4.79 Å². The van der Waals surface area contributed by atoms with Gasteiger partial charge in [-0.05, 0) is 25.1 Å². The van der Waals surface area contributed by atoms with Gasteiger partial charge in [0.25, 0.3) is 0 Å². The number of nitrogen functional groups attached to an aromatic ring is 1. The number of anilines is 1. The Bertz CT molecular complexity index is 583. The summed E-state index contributed by atoms with van der Waals surface area (Å²) in [6.07, 6.45) is 0. The maximum atomic E-state index is 11.7. The van der Waals surface area contributed by atoms with E-state index >= 15 is 0 Å². The van der Waals surface area contributed by atoms with Gasteiger partial charge < -0.3 is 10.5 Å². The van der Waals surface area contributed by atoms with Crippen LogP contribution in [0.1, 0.15) is 15.4 Å². The predicted octanol–water partition coefficient (Wildman–Crippen LogP) is 2.37. The first-order chi connectivity index (χ1) is 8.60. The van der Waals surface area contributed by atoms with E-state index < -0.39 is 5.97 Å². The summed E-state index contributed by atoms with van der Waals surface area (Å²) in [6.45, 7) is 1.88. The van der Waals surface area contributed by atoms with Crippen molar-refractivity contribution in [1.82, 2.24) is 10.2 Å². The van der Waals surface area contributed by atoms with E-state index in [1.54, 1.807) is 18.2 Å². The molecule has 1 heterocycles. The fraction of sp³-hybridized carbons (Fsp3) is 0.182. The number of nitrogens with two attached hydrogens (primary N) is 1. The van der Waals surface area contributed by atoms with Crippen molar-refractivity contribution < 1.29 is 9.53 Å². The van der Waals surface area contributed by atoms with Gasteiger partial charge in [0, 0.05) is 10.6 Å². The summed E-state index contributed by atoms with van der Waals surface area (Å²) in [5.41, 5.74) is 6.64. The van der Waals surface area contributed by atoms with Gasteiger partial charge in [-0.3, -0.25) is 0 Å². The maximum absolute atomic E-state index is 11.7. The first-order valence-corrected chi connectivity index (χ1v) is 6.69. The molecule has 7 heteroatoms. The Morgan fingerprint density at radius 3 is 2.83 bits per heavy atom. The monoisotopic (exact) mass is 281 g/mol. The zero-order chi connectivity index (χ0) is 13.1. The molecule has 0 aliphatic heterocycles. The number of aryl methyl sites for hydroxylation is 1. The lowest BCUT2D eigenvalue weighted by atomic mass is 10.2. The number of methoxy groups -OCH3 is 1. The van der Waals surface area contributed by atoms with E-state index in [-0.39, 0.29) is 0 Å². The molecule has 0 fully saturated rings. The van der Waals surface area contributed by atoms with Crippen molar-refractivity contribution in [2.24, 2.45) is 0 Å². The van der Waals surface area contributed by atoms with Crippen LogP contribution in [0.25, 0.3) is 0 Å². The standard InChI is InChI=1S/C11H11N3O2S2/c1-6-13-14-11(17-6)18-9-4-3-7(12)5-8(9)10(15)16-2/h3-5H,12H2,1-2H3. The molecular formula is C11H11N3O2S2. The van der Waals surface area contributed by atoms with Gasteiger partial charge in [-0.1, -0.05) is 23.1 Å². The van der Waals surface area contributed by atoms with Crippen molar-refractivity contribution in [3.05, 3.63) is 28.8 Å². The van der Waals surface area contributed by atoms with Crippen LogP contribution >= 0.6 is 23.1 Å². The molecule has 0 saturated heterocycles. The second kappa shape index (κ2) is 5.36. The molecule has 2 aromatic rings. The molecule has 5 nitrogen and oxygen atoms in total. The summed E-state index contributed by atoms with van der Waals surface area (Å²) >= 11 is 2.85. The highest BCUT2D eigenvalue weighted by Crippen LogP contribution is 2.33. The van der Waals surface area contributed by atoms with Gasteiger partial charge in [0.15, 0.2) is 4.34 Å². The number of ether oxygens (including phenoxy) is 1. The number of hydrogen-bond donors (Lipinski definition) is 1. The maximum Gasteiger partial charge on any atom is 0.339 e. The molecule has 94 valence electrons. The number of hydrogen-bond acceptors (Lipinski definition) is 7. The number of carbonyl (C=O) groups is 1. The number of benzene rings is 1. The fourth-order valence-corrected chi connectivity index (χ4v) is 3.19. The molecular weight excluding hydrogens is 270 g/mol. The highest BCUT2D eigenvalue weighted by Gasteiger charge is 2.14. The van der Waals surface area contributed by atoms with E-state index in [9.17, 15) is 4.79 Å². The van der Waals surface area contributed by atoms with Crippen molar-refractivity contribution in [1.29, 1.82) is 0 Å². The summed E-state index contributed by atoms with van der Waals surface area (Å²) in [4.78, 5) is 12.4. The third-order valence-electron chi connectivity index (χ3n) is 2.11. The normalized spacial score (nSPS) is 10.3. The highest BCUT2D eigenvalue weighted by atomic mass is 32.2. The summed E-state index contributed by atoms with van der Waals surface area (Å²) in [5, 5.41) is 8.82. The molecule has 1 aromatic carbocycles. The van der Waals surface area contributed by atoms with Crippen LogP contribution in [0.15, 0.2) is 27.4 Å². The Balaban J connectivity index is 2.35. The largest absolute Gasteiger partial charge is 0.465 e. The Morgan fingerprint density at radius 1 is 1.44 bits per heavy atom. The lowest BCUT2D eigenvalue weighted by Crippen LogP contribution is -2.04. The Hall–Kier alpha value is -1.60. The molecule has 0 saturated carbocycles. The summed E-state index contributed by atoms with van der Waals surface area (Å²) < 4.78 is 5.51. The van der Waals surface area contributed by atoms with Crippen molar-refractivity contribution in [3.63, 3.8) is 0 Å². The second-order valence-electron chi connectivity index (χ2n) is 3.44. The molecule has 0 unspecified atom stereocenters. The molecule has 2 N–H and O–H groups in total. The van der Waals surface area contributed by atoms with Gasteiger partial charge in [0.05, 0.1) is 12.7 Å². The molecule has 2 rings (SSSR count). The minimum Gasteiger partial charge on any atom is -0.465 e. The van der Waals surface area contributed by atoms with Crippen LogP contribution in [0.5, 0.6) is 0 Å². The van der Waals surface area contributed by atoms with Crippen LogP contribution in [-0.4, -0.2) is 23.3 Å². The van der Waals surface area contributed by atoms with Crippen LogP contribution in [0.4, 0.5) is 5.69 Å². The van der Waals surface area contributed by atoms with E-state index in [2.05, 4.69) is 10.2 Å². The quantitative estimate of drug-likeness (QED) is 0.687. The first kappa shape index (κ1) is 12.8. The number of rotatable bonds is 3. The van der Waals surface area contributed by atoms with Gasteiger partial charge in [0.1, 0.15) is 5.01 Å². The van der Waals surface area contributed by atoms with Crippen LogP contribution in [0.3, 0.4) is 0 Å².